The number of rotatable bonds is 4. The maximum absolute atomic E-state index is 13.7. The zero-order valence-corrected chi connectivity index (χ0v) is 11.6. The molecular formula is C15H8F6O3. The van der Waals surface area contributed by atoms with Crippen molar-refractivity contribution in [1.82, 2.24) is 0 Å². The molecule has 0 aromatic heterocycles. The second kappa shape index (κ2) is 6.06. The highest BCUT2D eigenvalue weighted by Gasteiger charge is 2.58. The molecule has 0 amide bonds. The average molecular weight is 350 g/mol. The minimum atomic E-state index is -5.74. The molecule has 0 fully saturated rings. The Morgan fingerprint density at radius 3 is 2.00 bits per heavy atom. The van der Waals surface area contributed by atoms with E-state index in [9.17, 15) is 31.1 Å². The highest BCUT2D eigenvalue weighted by molar-refractivity contribution is 5.87. The molecular weight excluding hydrogens is 342 g/mol. The largest absolute Gasteiger partial charge is 0.478 e. The molecule has 0 bridgehead atoms. The third kappa shape index (κ3) is 3.44. The molecule has 0 atom stereocenters. The first-order chi connectivity index (χ1) is 11.0. The number of hydrogen-bond acceptors (Lipinski definition) is 2. The van der Waals surface area contributed by atoms with Crippen LogP contribution in [0.5, 0.6) is 11.5 Å². The number of carboxylic acids is 1. The number of carboxylic acid groups (broad SMARTS) is 1. The van der Waals surface area contributed by atoms with Crippen LogP contribution >= 0.6 is 0 Å². The normalized spacial score (nSPS) is 12.1. The van der Waals surface area contributed by atoms with Gasteiger partial charge in [-0.15, -0.1) is 0 Å². The summed E-state index contributed by atoms with van der Waals surface area (Å²) in [7, 11) is 0. The van der Waals surface area contributed by atoms with E-state index in [1.54, 1.807) is 0 Å². The molecule has 0 aliphatic heterocycles. The Labute approximate surface area is 131 Å². The first kappa shape index (κ1) is 17.6. The Morgan fingerprint density at radius 1 is 0.958 bits per heavy atom. The number of halogens is 6. The Bertz CT molecular complexity index is 753. The van der Waals surface area contributed by atoms with Gasteiger partial charge in [-0.1, -0.05) is 0 Å². The third-order valence-electron chi connectivity index (χ3n) is 2.98. The first-order valence-electron chi connectivity index (χ1n) is 6.28. The lowest BCUT2D eigenvalue weighted by molar-refractivity contribution is -0.289. The third-order valence-corrected chi connectivity index (χ3v) is 2.98. The van der Waals surface area contributed by atoms with E-state index in [-0.39, 0.29) is 11.3 Å². The van der Waals surface area contributed by atoms with E-state index in [2.05, 4.69) is 0 Å². The van der Waals surface area contributed by atoms with Gasteiger partial charge in [0.05, 0.1) is 5.56 Å². The summed E-state index contributed by atoms with van der Waals surface area (Å²) in [5.41, 5.74) is -1.62. The van der Waals surface area contributed by atoms with Crippen LogP contribution in [0.2, 0.25) is 0 Å². The lowest BCUT2D eigenvalue weighted by Gasteiger charge is -2.20. The first-order valence-corrected chi connectivity index (χ1v) is 6.28. The van der Waals surface area contributed by atoms with Crippen LogP contribution in [-0.2, 0) is 5.92 Å². The van der Waals surface area contributed by atoms with Crippen LogP contribution in [0.3, 0.4) is 0 Å². The summed E-state index contributed by atoms with van der Waals surface area (Å²) in [5.74, 6) is -8.02. The Morgan fingerprint density at radius 2 is 1.54 bits per heavy atom. The molecule has 0 spiro atoms. The van der Waals surface area contributed by atoms with Gasteiger partial charge in [-0.3, -0.25) is 0 Å². The summed E-state index contributed by atoms with van der Waals surface area (Å²) < 4.78 is 81.6. The number of carbonyl (C=O) groups is 1. The van der Waals surface area contributed by atoms with Crippen LogP contribution in [-0.4, -0.2) is 17.3 Å². The monoisotopic (exact) mass is 350 g/mol. The molecule has 1 N–H and O–H groups in total. The quantitative estimate of drug-likeness (QED) is 0.792. The van der Waals surface area contributed by atoms with Crippen molar-refractivity contribution < 1.29 is 41.0 Å². The predicted molar refractivity (Wildman–Crippen MR) is 69.8 cm³/mol. The molecule has 2 aromatic carbocycles. The van der Waals surface area contributed by atoms with Crippen LogP contribution in [0.15, 0.2) is 42.5 Å². The van der Waals surface area contributed by atoms with E-state index < -0.39 is 35.2 Å². The van der Waals surface area contributed by atoms with Gasteiger partial charge in [-0.05, 0) is 42.5 Å². The summed E-state index contributed by atoms with van der Waals surface area (Å²) >= 11 is 0. The lowest BCUT2D eigenvalue weighted by Crippen LogP contribution is -2.33. The molecule has 3 nitrogen and oxygen atoms in total. The highest BCUT2D eigenvalue weighted by Crippen LogP contribution is 2.44. The molecule has 0 heterocycles. The average Bonchev–Trinajstić information content (AvgIpc) is 2.48. The SMILES string of the molecule is O=C(O)c1ccc(Oc2ccc(C(F)(F)C(F)(F)F)cc2)c(F)c1. The molecule has 0 unspecified atom stereocenters. The van der Waals surface area contributed by atoms with E-state index >= 15 is 0 Å². The fourth-order valence-electron chi connectivity index (χ4n) is 1.74. The zero-order valence-electron chi connectivity index (χ0n) is 11.6. The summed E-state index contributed by atoms with van der Waals surface area (Å²) in [6.45, 7) is 0. The van der Waals surface area contributed by atoms with Gasteiger partial charge in [0.25, 0.3) is 0 Å². The fraction of sp³-hybridized carbons (Fsp3) is 0.133. The minimum Gasteiger partial charge on any atom is -0.478 e. The van der Waals surface area contributed by atoms with E-state index in [4.69, 9.17) is 9.84 Å². The number of alkyl halides is 5. The molecule has 0 saturated heterocycles. The van der Waals surface area contributed by atoms with Crippen LogP contribution in [0.4, 0.5) is 26.3 Å². The molecule has 0 aliphatic carbocycles. The van der Waals surface area contributed by atoms with Crippen molar-refractivity contribution in [2.75, 3.05) is 0 Å². The molecule has 0 saturated carbocycles. The van der Waals surface area contributed by atoms with Crippen molar-refractivity contribution >= 4 is 5.97 Å². The van der Waals surface area contributed by atoms with Crippen molar-refractivity contribution in [2.24, 2.45) is 0 Å². The second-order valence-corrected chi connectivity index (χ2v) is 4.65. The highest BCUT2D eigenvalue weighted by atomic mass is 19.4. The van der Waals surface area contributed by atoms with E-state index in [0.29, 0.717) is 18.2 Å². The van der Waals surface area contributed by atoms with Crippen LogP contribution in [0.25, 0.3) is 0 Å². The van der Waals surface area contributed by atoms with Crippen molar-refractivity contribution in [3.05, 3.63) is 59.4 Å². The van der Waals surface area contributed by atoms with Crippen LogP contribution in [0, 0.1) is 5.82 Å². The molecule has 0 radical (unpaired) electrons. The summed E-state index contributed by atoms with van der Waals surface area (Å²) in [6, 6.07) is 5.38. The van der Waals surface area contributed by atoms with Crippen LogP contribution < -0.4 is 4.74 Å². The maximum Gasteiger partial charge on any atom is 0.458 e. The number of benzene rings is 2. The summed E-state index contributed by atoms with van der Waals surface area (Å²) in [5, 5.41) is 8.69. The van der Waals surface area contributed by atoms with E-state index in [0.717, 1.165) is 24.3 Å². The Kier molecular flexibility index (Phi) is 4.46. The number of aromatic carboxylic acids is 1. The van der Waals surface area contributed by atoms with Gasteiger partial charge < -0.3 is 9.84 Å². The number of ether oxygens (including phenoxy) is 1. The van der Waals surface area contributed by atoms with Gasteiger partial charge in [-0.2, -0.15) is 22.0 Å². The van der Waals surface area contributed by atoms with Crippen molar-refractivity contribution in [1.29, 1.82) is 0 Å². The zero-order chi connectivity index (χ0) is 18.1. The summed E-state index contributed by atoms with van der Waals surface area (Å²) in [4.78, 5) is 10.7. The molecule has 0 aliphatic rings. The van der Waals surface area contributed by atoms with Crippen molar-refractivity contribution in [3.8, 4) is 11.5 Å². The lowest BCUT2D eigenvalue weighted by atomic mass is 10.1. The van der Waals surface area contributed by atoms with Gasteiger partial charge >= 0.3 is 18.1 Å². The van der Waals surface area contributed by atoms with Crippen molar-refractivity contribution in [2.45, 2.75) is 12.1 Å². The topological polar surface area (TPSA) is 46.5 Å². The smallest absolute Gasteiger partial charge is 0.458 e. The van der Waals surface area contributed by atoms with Crippen LogP contribution in [0.1, 0.15) is 15.9 Å². The van der Waals surface area contributed by atoms with Gasteiger partial charge in [0, 0.05) is 5.56 Å². The maximum atomic E-state index is 13.7. The van der Waals surface area contributed by atoms with E-state index in [1.165, 1.54) is 0 Å². The van der Waals surface area contributed by atoms with E-state index in [1.807, 2.05) is 0 Å². The second-order valence-electron chi connectivity index (χ2n) is 4.65. The molecule has 24 heavy (non-hydrogen) atoms. The van der Waals surface area contributed by atoms with Gasteiger partial charge in [0.2, 0.25) is 0 Å². The Hall–Kier alpha value is -2.71. The molecule has 2 aromatic rings. The molecule has 9 heteroatoms. The minimum absolute atomic E-state index is 0.196. The van der Waals surface area contributed by atoms with Crippen molar-refractivity contribution in [3.63, 3.8) is 0 Å². The standard InChI is InChI=1S/C15H8F6O3/c16-11-7-8(13(22)23)1-6-12(11)24-10-4-2-9(3-5-10)14(17,18)15(19,20)21/h1-7H,(H,22,23). The number of hydrogen-bond donors (Lipinski definition) is 1. The van der Waals surface area contributed by atoms with Gasteiger partial charge in [0.15, 0.2) is 11.6 Å². The Balaban J connectivity index is 2.22. The fourth-order valence-corrected chi connectivity index (χ4v) is 1.74. The summed E-state index contributed by atoms with van der Waals surface area (Å²) in [6.07, 6.45) is -5.74. The molecule has 128 valence electrons. The van der Waals surface area contributed by atoms with Gasteiger partial charge in [-0.25, -0.2) is 9.18 Å². The predicted octanol–water partition coefficient (Wildman–Crippen LogP) is 4.97. The molecule has 2 rings (SSSR count). The van der Waals surface area contributed by atoms with Gasteiger partial charge in [0.1, 0.15) is 5.75 Å².